The van der Waals surface area contributed by atoms with Gasteiger partial charge in [0.05, 0.1) is 0 Å². The van der Waals surface area contributed by atoms with Gasteiger partial charge in [0.15, 0.2) is 6.10 Å². The van der Waals surface area contributed by atoms with Crippen LogP contribution in [0.25, 0.3) is 0 Å². The maximum absolute atomic E-state index is 12.3. The molecule has 138 valence electrons. The molecule has 2 rings (SSSR count). The summed E-state index contributed by atoms with van der Waals surface area (Å²) in [6.07, 6.45) is 1.83. The summed E-state index contributed by atoms with van der Waals surface area (Å²) in [5, 5.41) is 2.90. The van der Waals surface area contributed by atoms with Crippen molar-refractivity contribution >= 4 is 11.8 Å². The molecule has 1 aliphatic heterocycles. The van der Waals surface area contributed by atoms with E-state index in [0.29, 0.717) is 25.4 Å². The fraction of sp³-hybridized carbons (Fsp3) is 0.600. The first-order valence-corrected chi connectivity index (χ1v) is 9.21. The zero-order chi connectivity index (χ0) is 18.4. The zero-order valence-electron chi connectivity index (χ0n) is 15.8. The van der Waals surface area contributed by atoms with Crippen molar-refractivity contribution in [3.05, 3.63) is 29.3 Å². The molecule has 0 aromatic heterocycles. The Bertz CT molecular complexity index is 613. The summed E-state index contributed by atoms with van der Waals surface area (Å²) in [6.45, 7) is 10.1. The Hall–Kier alpha value is -2.04. The molecule has 0 radical (unpaired) electrons. The maximum Gasteiger partial charge on any atom is 0.260 e. The van der Waals surface area contributed by atoms with Crippen LogP contribution in [0.2, 0.25) is 0 Å². The van der Waals surface area contributed by atoms with E-state index in [9.17, 15) is 9.59 Å². The summed E-state index contributed by atoms with van der Waals surface area (Å²) < 4.78 is 5.92. The van der Waals surface area contributed by atoms with Crippen molar-refractivity contribution in [2.75, 3.05) is 19.6 Å². The monoisotopic (exact) mass is 346 g/mol. The highest BCUT2D eigenvalue weighted by Gasteiger charge is 2.20. The number of ether oxygens (including phenoxy) is 1. The van der Waals surface area contributed by atoms with Gasteiger partial charge in [-0.3, -0.25) is 9.59 Å². The van der Waals surface area contributed by atoms with E-state index in [1.54, 1.807) is 6.92 Å². The number of amides is 2. The van der Waals surface area contributed by atoms with Crippen LogP contribution < -0.4 is 10.1 Å². The largest absolute Gasteiger partial charge is 0.481 e. The van der Waals surface area contributed by atoms with E-state index in [0.717, 1.165) is 36.3 Å². The molecule has 1 N–H and O–H groups in total. The van der Waals surface area contributed by atoms with Gasteiger partial charge in [-0.1, -0.05) is 26.0 Å². The Balaban J connectivity index is 1.80. The molecule has 0 bridgehead atoms. The lowest BCUT2D eigenvalue weighted by Gasteiger charge is -2.20. The molecule has 1 aliphatic rings. The second-order valence-corrected chi connectivity index (χ2v) is 7.08. The quantitative estimate of drug-likeness (QED) is 0.736. The van der Waals surface area contributed by atoms with Gasteiger partial charge in [-0.15, -0.1) is 0 Å². The fourth-order valence-electron chi connectivity index (χ4n) is 3.03. The van der Waals surface area contributed by atoms with E-state index in [2.05, 4.69) is 31.3 Å². The van der Waals surface area contributed by atoms with Crippen LogP contribution in [0, 0.1) is 6.92 Å². The first-order valence-electron chi connectivity index (χ1n) is 9.21. The van der Waals surface area contributed by atoms with Crippen LogP contribution in [-0.4, -0.2) is 42.5 Å². The number of carbonyl (C=O) groups is 2. The second kappa shape index (κ2) is 8.88. The predicted octanol–water partition coefficient (Wildman–Crippen LogP) is 3.01. The molecular weight excluding hydrogens is 316 g/mol. The molecule has 1 heterocycles. The number of likely N-dealkylation sites (tertiary alicyclic amines) is 1. The third kappa shape index (κ3) is 5.48. The van der Waals surface area contributed by atoms with E-state index in [-0.39, 0.29) is 11.8 Å². The van der Waals surface area contributed by atoms with Crippen LogP contribution in [0.4, 0.5) is 0 Å². The van der Waals surface area contributed by atoms with Gasteiger partial charge in [0.25, 0.3) is 5.91 Å². The van der Waals surface area contributed by atoms with E-state index < -0.39 is 6.10 Å². The summed E-state index contributed by atoms with van der Waals surface area (Å²) in [6, 6.07) is 6.11. The van der Waals surface area contributed by atoms with E-state index in [1.807, 2.05) is 17.9 Å². The third-order valence-corrected chi connectivity index (χ3v) is 4.54. The highest BCUT2D eigenvalue weighted by Crippen LogP contribution is 2.28. The smallest absolute Gasteiger partial charge is 0.260 e. The molecular formula is C20H30N2O3. The number of nitrogens with one attached hydrogen (secondary N) is 1. The minimum atomic E-state index is -0.548. The Morgan fingerprint density at radius 2 is 2.08 bits per heavy atom. The normalized spacial score (nSPS) is 15.6. The average Bonchev–Trinajstić information content (AvgIpc) is 2.96. The van der Waals surface area contributed by atoms with E-state index >= 15 is 0 Å². The summed E-state index contributed by atoms with van der Waals surface area (Å²) in [5.41, 5.74) is 2.22. The Kier molecular flexibility index (Phi) is 6.85. The molecule has 1 aromatic carbocycles. The lowest BCUT2D eigenvalue weighted by molar-refractivity contribution is -0.127. The molecule has 5 nitrogen and oxygen atoms in total. The molecule has 5 heteroatoms. The second-order valence-electron chi connectivity index (χ2n) is 7.08. The summed E-state index contributed by atoms with van der Waals surface area (Å²) in [5.74, 6) is 1.22. The Labute approximate surface area is 150 Å². The van der Waals surface area contributed by atoms with Gasteiger partial charge in [-0.25, -0.2) is 0 Å². The number of hydrogen-bond acceptors (Lipinski definition) is 3. The standard InChI is InChI=1S/C20H30N2O3/c1-14(2)17-9-8-15(3)13-18(17)25-16(4)20(24)21-10-6-12-22-11-5-7-19(22)23/h8-9,13-14,16H,5-7,10-12H2,1-4H3,(H,21,24). The molecule has 0 aliphatic carbocycles. The van der Waals surface area contributed by atoms with E-state index in [4.69, 9.17) is 4.74 Å². The van der Waals surface area contributed by atoms with Crippen molar-refractivity contribution in [2.24, 2.45) is 0 Å². The topological polar surface area (TPSA) is 58.6 Å². The summed E-state index contributed by atoms with van der Waals surface area (Å²) >= 11 is 0. The summed E-state index contributed by atoms with van der Waals surface area (Å²) in [7, 11) is 0. The molecule has 25 heavy (non-hydrogen) atoms. The minimum Gasteiger partial charge on any atom is -0.481 e. The van der Waals surface area contributed by atoms with Crippen molar-refractivity contribution in [1.29, 1.82) is 0 Å². The number of hydrogen-bond donors (Lipinski definition) is 1. The Morgan fingerprint density at radius 3 is 2.72 bits per heavy atom. The van der Waals surface area contributed by atoms with Gasteiger partial charge in [-0.2, -0.15) is 0 Å². The number of rotatable bonds is 8. The van der Waals surface area contributed by atoms with Crippen LogP contribution in [0.1, 0.15) is 57.1 Å². The van der Waals surface area contributed by atoms with Crippen LogP contribution >= 0.6 is 0 Å². The Morgan fingerprint density at radius 1 is 1.32 bits per heavy atom. The zero-order valence-corrected chi connectivity index (χ0v) is 15.8. The van der Waals surface area contributed by atoms with Crippen LogP contribution in [0.5, 0.6) is 5.75 Å². The molecule has 0 spiro atoms. The van der Waals surface area contributed by atoms with Gasteiger partial charge in [0.1, 0.15) is 5.75 Å². The minimum absolute atomic E-state index is 0.121. The molecule has 1 unspecified atom stereocenters. The first kappa shape index (κ1) is 19.3. The van der Waals surface area contributed by atoms with Gasteiger partial charge < -0.3 is 15.0 Å². The third-order valence-electron chi connectivity index (χ3n) is 4.54. The number of aryl methyl sites for hydroxylation is 1. The number of nitrogens with zero attached hydrogens (tertiary/aromatic N) is 1. The maximum atomic E-state index is 12.3. The number of carbonyl (C=O) groups excluding carboxylic acids is 2. The predicted molar refractivity (Wildman–Crippen MR) is 98.8 cm³/mol. The van der Waals surface area contributed by atoms with Crippen molar-refractivity contribution < 1.29 is 14.3 Å². The van der Waals surface area contributed by atoms with Crippen LogP contribution in [0.3, 0.4) is 0 Å². The van der Waals surface area contributed by atoms with Crippen LogP contribution in [-0.2, 0) is 9.59 Å². The van der Waals surface area contributed by atoms with Crippen molar-refractivity contribution in [3.63, 3.8) is 0 Å². The number of benzene rings is 1. The molecule has 1 saturated heterocycles. The fourth-order valence-corrected chi connectivity index (χ4v) is 3.03. The highest BCUT2D eigenvalue weighted by molar-refractivity contribution is 5.80. The summed E-state index contributed by atoms with van der Waals surface area (Å²) in [4.78, 5) is 25.7. The lowest BCUT2D eigenvalue weighted by atomic mass is 10.0. The lowest BCUT2D eigenvalue weighted by Crippen LogP contribution is -2.38. The SMILES string of the molecule is Cc1ccc(C(C)C)c(OC(C)C(=O)NCCCN2CCCC2=O)c1. The van der Waals surface area contributed by atoms with Gasteiger partial charge in [0, 0.05) is 26.1 Å². The van der Waals surface area contributed by atoms with Gasteiger partial charge in [-0.05, 0) is 49.8 Å². The van der Waals surface area contributed by atoms with Gasteiger partial charge >= 0.3 is 0 Å². The highest BCUT2D eigenvalue weighted by atomic mass is 16.5. The van der Waals surface area contributed by atoms with Crippen molar-refractivity contribution in [3.8, 4) is 5.75 Å². The first-order chi connectivity index (χ1) is 11.9. The molecule has 0 saturated carbocycles. The molecule has 1 fully saturated rings. The average molecular weight is 346 g/mol. The van der Waals surface area contributed by atoms with Crippen molar-refractivity contribution in [1.82, 2.24) is 10.2 Å². The molecule has 1 aromatic rings. The van der Waals surface area contributed by atoms with Crippen molar-refractivity contribution in [2.45, 2.75) is 59.0 Å². The van der Waals surface area contributed by atoms with E-state index in [1.165, 1.54) is 0 Å². The molecule has 2 amide bonds. The van der Waals surface area contributed by atoms with Gasteiger partial charge in [0.2, 0.25) is 5.91 Å². The molecule has 1 atom stereocenters. The van der Waals surface area contributed by atoms with Crippen LogP contribution in [0.15, 0.2) is 18.2 Å².